The van der Waals surface area contributed by atoms with Gasteiger partial charge >= 0.3 is 0 Å². The van der Waals surface area contributed by atoms with Crippen LogP contribution in [0.4, 0.5) is 20.2 Å². The number of benzene rings is 2. The summed E-state index contributed by atoms with van der Waals surface area (Å²) >= 11 is 6.76. The van der Waals surface area contributed by atoms with Gasteiger partial charge < -0.3 is 29.1 Å². The Morgan fingerprint density at radius 1 is 1.27 bits per heavy atom. The van der Waals surface area contributed by atoms with E-state index in [4.69, 9.17) is 26.3 Å². The van der Waals surface area contributed by atoms with Gasteiger partial charge in [-0.25, -0.2) is 18.6 Å². The van der Waals surface area contributed by atoms with Gasteiger partial charge in [-0.1, -0.05) is 24.2 Å². The number of ether oxygens (including phenoxy) is 2. The van der Waals surface area contributed by atoms with Crippen molar-refractivity contribution in [2.75, 3.05) is 56.7 Å². The van der Waals surface area contributed by atoms with Crippen molar-refractivity contribution in [2.24, 2.45) is 0 Å². The average molecular weight is 635 g/mol. The predicted molar refractivity (Wildman–Crippen MR) is 165 cm³/mol. The maximum Gasteiger partial charge on any atom is 0.246 e. The van der Waals surface area contributed by atoms with Crippen molar-refractivity contribution in [2.45, 2.75) is 25.1 Å². The summed E-state index contributed by atoms with van der Waals surface area (Å²) < 4.78 is 43.9. The van der Waals surface area contributed by atoms with Crippen LogP contribution in [0.3, 0.4) is 0 Å². The number of nitrogens with zero attached hydrogens (tertiary/aromatic N) is 6. The number of hydrogen-bond acceptors (Lipinski definition) is 9. The summed E-state index contributed by atoms with van der Waals surface area (Å²) in [6, 6.07) is 6.39. The Labute approximate surface area is 263 Å². The summed E-state index contributed by atoms with van der Waals surface area (Å²) in [7, 11) is 3.75. The van der Waals surface area contributed by atoms with Crippen LogP contribution >= 0.6 is 11.6 Å². The van der Waals surface area contributed by atoms with Crippen LogP contribution in [0.25, 0.3) is 22.0 Å². The second-order valence-electron chi connectivity index (χ2n) is 11.4. The number of likely N-dealkylation sites (N-methyl/N-ethyl adjacent to an activating group) is 1. The van der Waals surface area contributed by atoms with Gasteiger partial charge in [0.05, 0.1) is 28.9 Å². The standard InChI is InChI=1S/C32H29ClF2N6O4/c1-5-25(43)39-15-22-23(16-42)41-14-18(13-38(3)4)45-32-31(41)30(40(22)12-17(39)2)19-11-20(33)26(28(35)29(19)37-32)27-21(34)7-6-8-24(27)44-10-9-36/h5-8,11,17-18,22H,1,10,12-15H2,2-4H3/t17-,18-,22-/m1/s1. The number of aromatic nitrogens is 1. The van der Waals surface area contributed by atoms with Gasteiger partial charge in [0.25, 0.3) is 0 Å². The Hall–Kier alpha value is -4.69. The second kappa shape index (κ2) is 11.7. The van der Waals surface area contributed by atoms with Crippen LogP contribution in [0.15, 0.2) is 42.6 Å². The fourth-order valence-electron chi connectivity index (χ4n) is 6.50. The number of carbonyl (C=O) groups is 1. The zero-order valence-electron chi connectivity index (χ0n) is 24.8. The van der Waals surface area contributed by atoms with Crippen LogP contribution in [0, 0.1) is 23.0 Å². The molecular formula is C32H29ClF2N6O4. The molecule has 2 aromatic carbocycles. The topological polar surface area (TPSA) is 102 Å². The fraction of sp³-hybridized carbons (Fsp3) is 0.344. The van der Waals surface area contributed by atoms with Crippen LogP contribution in [-0.4, -0.2) is 91.7 Å². The Bertz CT molecular complexity index is 1840. The van der Waals surface area contributed by atoms with Crippen molar-refractivity contribution in [1.82, 2.24) is 14.8 Å². The molecule has 3 aliphatic rings. The van der Waals surface area contributed by atoms with Crippen LogP contribution in [0.1, 0.15) is 6.92 Å². The van der Waals surface area contributed by atoms with Crippen LogP contribution < -0.4 is 19.3 Å². The van der Waals surface area contributed by atoms with Gasteiger partial charge in [0, 0.05) is 36.6 Å². The predicted octanol–water partition coefficient (Wildman–Crippen LogP) is 4.19. The molecule has 0 spiro atoms. The van der Waals surface area contributed by atoms with E-state index in [-0.39, 0.29) is 71.5 Å². The van der Waals surface area contributed by atoms with Crippen LogP contribution in [0.2, 0.25) is 5.02 Å². The zero-order chi connectivity index (χ0) is 32.2. The monoisotopic (exact) mass is 634 g/mol. The minimum atomic E-state index is -0.907. The molecule has 1 saturated heterocycles. The molecule has 0 saturated carbocycles. The number of halogens is 3. The van der Waals surface area contributed by atoms with E-state index in [0.29, 0.717) is 29.0 Å². The van der Waals surface area contributed by atoms with E-state index in [1.807, 2.05) is 36.9 Å². The minimum Gasteiger partial charge on any atom is -0.478 e. The zero-order valence-corrected chi connectivity index (χ0v) is 25.6. The number of fused-ring (bicyclic) bond motifs is 4. The first kappa shape index (κ1) is 30.3. The van der Waals surface area contributed by atoms with Crippen molar-refractivity contribution < 1.29 is 27.8 Å². The van der Waals surface area contributed by atoms with E-state index in [0.717, 1.165) is 6.07 Å². The molecule has 1 fully saturated rings. The average Bonchev–Trinajstić information content (AvgIpc) is 3.00. The van der Waals surface area contributed by atoms with E-state index >= 15 is 8.78 Å². The Morgan fingerprint density at radius 3 is 2.73 bits per heavy atom. The molecule has 6 rings (SSSR count). The molecule has 1 aromatic heterocycles. The molecule has 3 atom stereocenters. The third-order valence-electron chi connectivity index (χ3n) is 8.30. The van der Waals surface area contributed by atoms with Gasteiger partial charge in [0.2, 0.25) is 11.8 Å². The summed E-state index contributed by atoms with van der Waals surface area (Å²) in [6.45, 7) is 6.31. The second-order valence-corrected chi connectivity index (χ2v) is 11.8. The third kappa shape index (κ3) is 4.93. The lowest BCUT2D eigenvalue weighted by Crippen LogP contribution is -2.64. The van der Waals surface area contributed by atoms with E-state index in [1.54, 1.807) is 9.80 Å². The Balaban J connectivity index is 1.63. The van der Waals surface area contributed by atoms with Crippen molar-refractivity contribution in [3.05, 3.63) is 59.3 Å². The lowest BCUT2D eigenvalue weighted by molar-refractivity contribution is -0.128. The maximum absolute atomic E-state index is 16.8. The highest BCUT2D eigenvalue weighted by atomic mass is 35.5. The van der Waals surface area contributed by atoms with Gasteiger partial charge in [0.15, 0.2) is 12.4 Å². The molecular weight excluding hydrogens is 606 g/mol. The first-order valence-electron chi connectivity index (χ1n) is 14.3. The highest BCUT2D eigenvalue weighted by Crippen LogP contribution is 2.53. The molecule has 0 bridgehead atoms. The van der Waals surface area contributed by atoms with Crippen LogP contribution in [-0.2, 0) is 9.59 Å². The number of rotatable bonds is 6. The quantitative estimate of drug-likeness (QED) is 0.292. The lowest BCUT2D eigenvalue weighted by Gasteiger charge is -2.53. The van der Waals surface area contributed by atoms with Gasteiger partial charge in [-0.2, -0.15) is 5.26 Å². The van der Waals surface area contributed by atoms with Crippen molar-refractivity contribution in [3.8, 4) is 28.8 Å². The molecule has 4 heterocycles. The normalized spacial score (nSPS) is 20.3. The number of pyridine rings is 1. The SMILES string of the molecule is C=CC(=O)N1C[C@@H]2C(=C=O)N3C[C@@H](CN(C)C)Oc4nc5c(F)c(-c6c(F)cccc6OCC#N)c(Cl)cc5c(c43)N2C[C@H]1C. The summed E-state index contributed by atoms with van der Waals surface area (Å²) in [5, 5.41) is 9.25. The fourth-order valence-corrected chi connectivity index (χ4v) is 6.79. The number of amides is 1. The smallest absolute Gasteiger partial charge is 0.246 e. The van der Waals surface area contributed by atoms with Crippen molar-refractivity contribution in [1.29, 1.82) is 5.26 Å². The highest BCUT2D eigenvalue weighted by Gasteiger charge is 2.48. The van der Waals surface area contributed by atoms with Crippen molar-refractivity contribution in [3.63, 3.8) is 0 Å². The molecule has 0 N–H and O–H groups in total. The molecule has 10 nitrogen and oxygen atoms in total. The molecule has 0 unspecified atom stereocenters. The van der Waals surface area contributed by atoms with E-state index < -0.39 is 23.8 Å². The van der Waals surface area contributed by atoms with E-state index in [9.17, 15) is 9.59 Å². The van der Waals surface area contributed by atoms with Crippen molar-refractivity contribution >= 4 is 45.7 Å². The summed E-state index contributed by atoms with van der Waals surface area (Å²) in [5.74, 6) is 0.182. The van der Waals surface area contributed by atoms with Gasteiger partial charge in [-0.05, 0) is 45.3 Å². The number of carbonyl (C=O) groups excluding carboxylic acids is 2. The highest BCUT2D eigenvalue weighted by molar-refractivity contribution is 6.34. The Kier molecular flexibility index (Phi) is 7.87. The first-order chi connectivity index (χ1) is 21.6. The molecule has 3 aliphatic heterocycles. The van der Waals surface area contributed by atoms with Crippen LogP contribution in [0.5, 0.6) is 11.6 Å². The minimum absolute atomic E-state index is 0.0536. The lowest BCUT2D eigenvalue weighted by atomic mass is 9.94. The molecule has 232 valence electrons. The molecule has 13 heteroatoms. The van der Waals surface area contributed by atoms with Gasteiger partial charge in [0.1, 0.15) is 46.6 Å². The van der Waals surface area contributed by atoms with Gasteiger partial charge in [-0.15, -0.1) is 0 Å². The number of nitriles is 1. The van der Waals surface area contributed by atoms with E-state index in [1.165, 1.54) is 24.3 Å². The van der Waals surface area contributed by atoms with E-state index in [2.05, 4.69) is 17.5 Å². The molecule has 45 heavy (non-hydrogen) atoms. The molecule has 3 aromatic rings. The summed E-state index contributed by atoms with van der Waals surface area (Å²) in [6.07, 6.45) is 0.779. The summed E-state index contributed by atoms with van der Waals surface area (Å²) in [5.41, 5.74) is 0.657. The maximum atomic E-state index is 16.8. The third-order valence-corrected chi connectivity index (χ3v) is 8.60. The number of anilines is 2. The molecule has 0 aliphatic carbocycles. The first-order valence-corrected chi connectivity index (χ1v) is 14.6. The van der Waals surface area contributed by atoms with Gasteiger partial charge in [-0.3, -0.25) is 4.79 Å². The number of piperazine rings is 1. The Morgan fingerprint density at radius 2 is 2.04 bits per heavy atom. The molecule has 0 radical (unpaired) electrons. The molecule has 1 amide bonds. The largest absolute Gasteiger partial charge is 0.478 e. The summed E-state index contributed by atoms with van der Waals surface area (Å²) in [4.78, 5) is 37.3. The number of hydrogen-bond donors (Lipinski definition) is 0.